The van der Waals surface area contributed by atoms with Crippen LogP contribution in [0.4, 0.5) is 10.5 Å². The van der Waals surface area contributed by atoms with Crippen molar-refractivity contribution in [2.24, 2.45) is 0 Å². The van der Waals surface area contributed by atoms with Crippen molar-refractivity contribution < 1.29 is 18.0 Å². The second-order valence-corrected chi connectivity index (χ2v) is 9.38. The Morgan fingerprint density at radius 2 is 1.69 bits per heavy atom. The molecule has 1 aliphatic heterocycles. The molecule has 0 spiro atoms. The fraction of sp³-hybridized carbons (Fsp3) is 0.529. The van der Waals surface area contributed by atoms with Crippen LogP contribution in [0.2, 0.25) is 5.02 Å². The predicted octanol–water partition coefficient (Wildman–Crippen LogP) is 2.88. The molecule has 0 bridgehead atoms. The van der Waals surface area contributed by atoms with Gasteiger partial charge in [-0.2, -0.15) is 0 Å². The van der Waals surface area contributed by atoms with Crippen LogP contribution < -0.4 is 10.0 Å². The first-order valence-electron chi connectivity index (χ1n) is 8.35. The van der Waals surface area contributed by atoms with Crippen LogP contribution in [0.15, 0.2) is 12.1 Å². The number of benzene rings is 1. The summed E-state index contributed by atoms with van der Waals surface area (Å²) in [4.78, 5) is 25.3. The van der Waals surface area contributed by atoms with Crippen molar-refractivity contribution in [1.29, 1.82) is 0 Å². The lowest BCUT2D eigenvalue weighted by Gasteiger charge is -2.34. The third-order valence-electron chi connectivity index (χ3n) is 4.35. The van der Waals surface area contributed by atoms with Gasteiger partial charge in [-0.3, -0.25) is 4.79 Å². The van der Waals surface area contributed by atoms with Crippen molar-refractivity contribution >= 4 is 39.2 Å². The monoisotopic (exact) mass is 401 g/mol. The minimum absolute atomic E-state index is 0.0663. The van der Waals surface area contributed by atoms with Gasteiger partial charge in [-0.05, 0) is 35.1 Å². The molecule has 7 nitrogen and oxygen atoms in total. The van der Waals surface area contributed by atoms with E-state index >= 15 is 0 Å². The molecule has 3 amide bonds. The summed E-state index contributed by atoms with van der Waals surface area (Å²) < 4.78 is 26.4. The first-order chi connectivity index (χ1) is 11.9. The Bertz CT molecular complexity index is 807. The highest BCUT2D eigenvalue weighted by atomic mass is 35.5. The molecule has 1 aromatic carbocycles. The van der Waals surface area contributed by atoms with E-state index in [2.05, 4.69) is 5.32 Å². The van der Waals surface area contributed by atoms with Crippen LogP contribution in [0.3, 0.4) is 0 Å². The lowest BCUT2D eigenvalue weighted by Crippen LogP contribution is -2.61. The summed E-state index contributed by atoms with van der Waals surface area (Å²) in [6.07, 6.45) is 0. The average molecular weight is 402 g/mol. The fourth-order valence-corrected chi connectivity index (χ4v) is 4.38. The third kappa shape index (κ3) is 4.12. The standard InChI is InChI=1S/C17H24ClN3O4S/c1-9(2)12-6-11(18)7-13(10(3)4)15(12)19-17(23)20-26(24,25)14-8-21(5)16(14)22/h6-7,9-10,14H,8H2,1-5H3,(H2,19,20,23). The topological polar surface area (TPSA) is 95.6 Å². The number of sulfonamides is 1. The molecule has 0 aliphatic carbocycles. The molecule has 1 saturated heterocycles. The van der Waals surface area contributed by atoms with Crippen molar-refractivity contribution in [3.05, 3.63) is 28.3 Å². The van der Waals surface area contributed by atoms with E-state index in [9.17, 15) is 18.0 Å². The van der Waals surface area contributed by atoms with Gasteiger partial charge in [0.25, 0.3) is 0 Å². The van der Waals surface area contributed by atoms with E-state index in [-0.39, 0.29) is 18.4 Å². The molecule has 0 aromatic heterocycles. The molecule has 1 heterocycles. The fourth-order valence-electron chi connectivity index (χ4n) is 2.83. The number of carbonyl (C=O) groups excluding carboxylic acids is 2. The van der Waals surface area contributed by atoms with Crippen LogP contribution in [-0.4, -0.2) is 44.1 Å². The number of anilines is 1. The number of urea groups is 1. The molecule has 1 aromatic rings. The Balaban J connectivity index is 2.27. The number of carbonyl (C=O) groups is 2. The second-order valence-electron chi connectivity index (χ2n) is 7.08. The summed E-state index contributed by atoms with van der Waals surface area (Å²) in [5.41, 5.74) is 2.17. The minimum Gasteiger partial charge on any atom is -0.343 e. The number of amides is 3. The van der Waals surface area contributed by atoms with E-state index in [1.807, 2.05) is 32.4 Å². The van der Waals surface area contributed by atoms with E-state index in [4.69, 9.17) is 11.6 Å². The highest BCUT2D eigenvalue weighted by Crippen LogP contribution is 2.35. The van der Waals surface area contributed by atoms with Gasteiger partial charge in [0, 0.05) is 24.3 Å². The summed E-state index contributed by atoms with van der Waals surface area (Å²) in [7, 11) is -2.57. The maximum atomic E-state index is 12.3. The van der Waals surface area contributed by atoms with Crippen LogP contribution in [0, 0.1) is 0 Å². The Kier molecular flexibility index (Phi) is 5.87. The molecule has 26 heavy (non-hydrogen) atoms. The zero-order valence-corrected chi connectivity index (χ0v) is 17.0. The maximum absolute atomic E-state index is 12.3. The van der Waals surface area contributed by atoms with Crippen LogP contribution in [-0.2, 0) is 14.8 Å². The Hall–Kier alpha value is -1.80. The maximum Gasteiger partial charge on any atom is 0.332 e. The average Bonchev–Trinajstić information content (AvgIpc) is 2.52. The number of nitrogens with zero attached hydrogens (tertiary/aromatic N) is 1. The first-order valence-corrected chi connectivity index (χ1v) is 10.3. The van der Waals surface area contributed by atoms with Gasteiger partial charge >= 0.3 is 6.03 Å². The highest BCUT2D eigenvalue weighted by molar-refractivity contribution is 7.91. The van der Waals surface area contributed by atoms with Crippen LogP contribution in [0.25, 0.3) is 0 Å². The molecule has 1 unspecified atom stereocenters. The van der Waals surface area contributed by atoms with Crippen molar-refractivity contribution in [3.8, 4) is 0 Å². The van der Waals surface area contributed by atoms with Gasteiger partial charge in [0.1, 0.15) is 0 Å². The molecule has 0 saturated carbocycles. The molecule has 1 atom stereocenters. The molecule has 9 heteroatoms. The van der Waals surface area contributed by atoms with Gasteiger partial charge in [-0.25, -0.2) is 17.9 Å². The van der Waals surface area contributed by atoms with Crippen molar-refractivity contribution in [3.63, 3.8) is 0 Å². The van der Waals surface area contributed by atoms with Crippen LogP contribution in [0.1, 0.15) is 50.7 Å². The third-order valence-corrected chi connectivity index (χ3v) is 6.14. The smallest absolute Gasteiger partial charge is 0.332 e. The minimum atomic E-state index is -4.08. The zero-order chi connectivity index (χ0) is 19.8. The van der Waals surface area contributed by atoms with Gasteiger partial charge < -0.3 is 10.2 Å². The van der Waals surface area contributed by atoms with E-state index in [0.29, 0.717) is 10.7 Å². The summed E-state index contributed by atoms with van der Waals surface area (Å²) >= 11 is 6.18. The Morgan fingerprint density at radius 1 is 1.19 bits per heavy atom. The molecule has 0 radical (unpaired) electrons. The number of halogens is 1. The quantitative estimate of drug-likeness (QED) is 0.741. The van der Waals surface area contributed by atoms with Crippen LogP contribution in [0.5, 0.6) is 0 Å². The number of nitrogens with one attached hydrogen (secondary N) is 2. The number of likely N-dealkylation sites (tertiary alicyclic amines) is 1. The van der Waals surface area contributed by atoms with Gasteiger partial charge in [-0.15, -0.1) is 0 Å². The highest BCUT2D eigenvalue weighted by Gasteiger charge is 2.44. The molecule has 1 aliphatic rings. The van der Waals surface area contributed by atoms with Crippen LogP contribution >= 0.6 is 11.6 Å². The SMILES string of the molecule is CC(C)c1cc(Cl)cc(C(C)C)c1NC(=O)NS(=O)(=O)C1CN(C)C1=O. The largest absolute Gasteiger partial charge is 0.343 e. The van der Waals surface area contributed by atoms with Gasteiger partial charge in [0.2, 0.25) is 15.9 Å². The predicted molar refractivity (Wildman–Crippen MR) is 102 cm³/mol. The Labute approximate surface area is 159 Å². The van der Waals surface area contributed by atoms with E-state index in [1.54, 1.807) is 12.1 Å². The van der Waals surface area contributed by atoms with E-state index in [0.717, 1.165) is 11.1 Å². The zero-order valence-electron chi connectivity index (χ0n) is 15.5. The molecular formula is C17H24ClN3O4S. The summed E-state index contributed by atoms with van der Waals surface area (Å²) in [6, 6.07) is 2.62. The molecule has 144 valence electrons. The van der Waals surface area contributed by atoms with Crippen molar-refractivity contribution in [2.75, 3.05) is 18.9 Å². The van der Waals surface area contributed by atoms with Gasteiger partial charge in [-0.1, -0.05) is 39.3 Å². The second kappa shape index (κ2) is 7.44. The van der Waals surface area contributed by atoms with Gasteiger partial charge in [0.05, 0.1) is 0 Å². The Morgan fingerprint density at radius 3 is 2.08 bits per heavy atom. The lowest BCUT2D eigenvalue weighted by molar-refractivity contribution is -0.137. The molecular weight excluding hydrogens is 378 g/mol. The molecule has 2 rings (SSSR count). The number of rotatable bonds is 5. The molecule has 2 N–H and O–H groups in total. The number of hydrogen-bond donors (Lipinski definition) is 2. The molecule has 1 fully saturated rings. The first kappa shape index (κ1) is 20.5. The number of hydrogen-bond acceptors (Lipinski definition) is 4. The van der Waals surface area contributed by atoms with Crippen molar-refractivity contribution in [1.82, 2.24) is 9.62 Å². The summed E-state index contributed by atoms with van der Waals surface area (Å²) in [6.45, 7) is 7.89. The van der Waals surface area contributed by atoms with E-state index < -0.39 is 27.2 Å². The number of β-lactam (4-membered cyclic amide) rings is 1. The summed E-state index contributed by atoms with van der Waals surface area (Å²) in [5.74, 6) is -0.387. The van der Waals surface area contributed by atoms with Crippen molar-refractivity contribution in [2.45, 2.75) is 44.8 Å². The van der Waals surface area contributed by atoms with E-state index in [1.165, 1.54) is 11.9 Å². The van der Waals surface area contributed by atoms with Gasteiger partial charge in [0.15, 0.2) is 5.25 Å². The summed E-state index contributed by atoms with van der Waals surface area (Å²) in [5, 5.41) is 1.97. The lowest BCUT2D eigenvalue weighted by atomic mass is 9.92. The normalized spacial score (nSPS) is 17.5.